The third-order valence-electron chi connectivity index (χ3n) is 6.51. The number of fused-ring (bicyclic) bond motifs is 4. The molecule has 0 aliphatic rings. The van der Waals surface area contributed by atoms with Crippen LogP contribution in [-0.4, -0.2) is 10.5 Å². The third-order valence-corrected chi connectivity index (χ3v) is 7.70. The van der Waals surface area contributed by atoms with E-state index >= 15 is 0 Å². The molecule has 6 aromatic rings. The highest BCUT2D eigenvalue weighted by molar-refractivity contribution is 9.10. The van der Waals surface area contributed by atoms with Crippen molar-refractivity contribution in [1.82, 2.24) is 4.57 Å². The van der Waals surface area contributed by atoms with E-state index in [2.05, 4.69) is 56.9 Å². The molecule has 0 aliphatic carbocycles. The lowest BCUT2D eigenvalue weighted by molar-refractivity contribution is 0.100. The van der Waals surface area contributed by atoms with Crippen molar-refractivity contribution in [2.45, 2.75) is 6.54 Å². The SMILES string of the molecule is NC(=O)c1cccc2c1c1[c]cc(-c3ccc(Cl)cc3)cc1n2Cc1ccc2ccccc2c1Br. The van der Waals surface area contributed by atoms with Crippen LogP contribution < -0.4 is 5.73 Å². The maximum Gasteiger partial charge on any atom is 0.249 e. The van der Waals surface area contributed by atoms with Crippen LogP contribution in [0, 0.1) is 6.07 Å². The summed E-state index contributed by atoms with van der Waals surface area (Å²) in [6.45, 7) is 0.617. The van der Waals surface area contributed by atoms with E-state index in [-0.39, 0.29) is 0 Å². The van der Waals surface area contributed by atoms with Gasteiger partial charge in [0.2, 0.25) is 5.91 Å². The summed E-state index contributed by atoms with van der Waals surface area (Å²) < 4.78 is 3.30. The number of halogens is 2. The van der Waals surface area contributed by atoms with Crippen LogP contribution in [0.25, 0.3) is 43.7 Å². The molecule has 1 amide bonds. The fourth-order valence-electron chi connectivity index (χ4n) is 4.81. The molecular weight excluding hydrogens is 520 g/mol. The minimum Gasteiger partial charge on any atom is -0.366 e. The van der Waals surface area contributed by atoms with Crippen LogP contribution in [0.2, 0.25) is 5.02 Å². The Labute approximate surface area is 215 Å². The quantitative estimate of drug-likeness (QED) is 0.243. The van der Waals surface area contributed by atoms with Gasteiger partial charge in [0, 0.05) is 32.4 Å². The van der Waals surface area contributed by atoms with Crippen LogP contribution in [0.4, 0.5) is 0 Å². The third kappa shape index (κ3) is 3.70. The van der Waals surface area contributed by atoms with Crippen LogP contribution in [0.15, 0.2) is 95.5 Å². The number of primary amides is 1. The summed E-state index contributed by atoms with van der Waals surface area (Å²) in [7, 11) is 0. The van der Waals surface area contributed by atoms with Crippen LogP contribution in [0.3, 0.4) is 0 Å². The molecule has 1 aromatic heterocycles. The zero-order valence-corrected chi connectivity index (χ0v) is 20.9. The molecule has 0 saturated carbocycles. The topological polar surface area (TPSA) is 48.0 Å². The molecule has 1 heterocycles. The summed E-state index contributed by atoms with van der Waals surface area (Å²) in [6, 6.07) is 33.6. The van der Waals surface area contributed by atoms with Gasteiger partial charge in [-0.3, -0.25) is 4.79 Å². The van der Waals surface area contributed by atoms with Gasteiger partial charge in [-0.05, 0) is 85.9 Å². The Hall–Kier alpha value is -3.60. The highest BCUT2D eigenvalue weighted by atomic mass is 79.9. The lowest BCUT2D eigenvalue weighted by Gasteiger charge is -2.12. The van der Waals surface area contributed by atoms with Crippen molar-refractivity contribution in [3.63, 3.8) is 0 Å². The molecular formula is C30H19BrClN2O. The highest BCUT2D eigenvalue weighted by Gasteiger charge is 2.18. The standard InChI is InChI=1S/C30H19BrClN2O/c31-29-21(9-8-19-4-1-2-5-23(19)29)17-34-26-7-3-6-25(30(33)35)28(26)24-15-12-20(16-27(24)34)18-10-13-22(32)14-11-18/h1-14,16H,17H2,(H2,33,35). The number of carbonyl (C=O) groups excluding carboxylic acids is 1. The zero-order chi connectivity index (χ0) is 24.1. The molecule has 0 bridgehead atoms. The second-order valence-electron chi connectivity index (χ2n) is 8.57. The fourth-order valence-corrected chi connectivity index (χ4v) is 5.56. The van der Waals surface area contributed by atoms with E-state index < -0.39 is 5.91 Å². The van der Waals surface area contributed by atoms with Gasteiger partial charge in [-0.25, -0.2) is 0 Å². The molecule has 0 aliphatic heterocycles. The normalized spacial score (nSPS) is 11.5. The largest absolute Gasteiger partial charge is 0.366 e. The summed E-state index contributed by atoms with van der Waals surface area (Å²) in [6.07, 6.45) is 0. The Kier molecular flexibility index (Phi) is 5.36. The van der Waals surface area contributed by atoms with Crippen molar-refractivity contribution in [2.24, 2.45) is 5.73 Å². The Balaban J connectivity index is 1.62. The Morgan fingerprint density at radius 1 is 0.914 bits per heavy atom. The maximum absolute atomic E-state index is 12.3. The predicted molar refractivity (Wildman–Crippen MR) is 148 cm³/mol. The number of carbonyl (C=O) groups is 1. The van der Waals surface area contributed by atoms with E-state index in [1.54, 1.807) is 6.07 Å². The van der Waals surface area contributed by atoms with Crippen LogP contribution in [0.5, 0.6) is 0 Å². The first-order valence-electron chi connectivity index (χ1n) is 11.2. The number of nitrogens with zero attached hydrogens (tertiary/aromatic N) is 1. The Morgan fingerprint density at radius 3 is 2.51 bits per heavy atom. The van der Waals surface area contributed by atoms with Crippen LogP contribution >= 0.6 is 27.5 Å². The molecule has 0 atom stereocenters. The summed E-state index contributed by atoms with van der Waals surface area (Å²) in [5.41, 5.74) is 11.4. The van der Waals surface area contributed by atoms with Gasteiger partial charge in [-0.15, -0.1) is 0 Å². The predicted octanol–water partition coefficient (Wildman–Crippen LogP) is 7.98. The number of nitrogens with two attached hydrogens (primary N) is 1. The van der Waals surface area contributed by atoms with Crippen molar-refractivity contribution in [3.05, 3.63) is 118 Å². The summed E-state index contributed by atoms with van der Waals surface area (Å²) in [5.74, 6) is -0.447. The highest BCUT2D eigenvalue weighted by Crippen LogP contribution is 2.36. The molecule has 6 rings (SSSR count). The van der Waals surface area contributed by atoms with E-state index in [1.807, 2.05) is 54.6 Å². The van der Waals surface area contributed by atoms with E-state index in [9.17, 15) is 4.79 Å². The van der Waals surface area contributed by atoms with E-state index in [1.165, 1.54) is 5.39 Å². The summed E-state index contributed by atoms with van der Waals surface area (Å²) in [5, 5.41) is 4.75. The van der Waals surface area contributed by atoms with Gasteiger partial charge in [0.15, 0.2) is 0 Å². The lowest BCUT2D eigenvalue weighted by Crippen LogP contribution is -2.11. The number of hydrogen-bond donors (Lipinski definition) is 1. The van der Waals surface area contributed by atoms with E-state index in [0.29, 0.717) is 17.1 Å². The molecule has 0 fully saturated rings. The van der Waals surface area contributed by atoms with Gasteiger partial charge in [0.1, 0.15) is 0 Å². The zero-order valence-electron chi connectivity index (χ0n) is 18.6. The van der Waals surface area contributed by atoms with Gasteiger partial charge < -0.3 is 10.3 Å². The molecule has 5 heteroatoms. The molecule has 0 unspecified atom stereocenters. The lowest BCUT2D eigenvalue weighted by atomic mass is 10.0. The van der Waals surface area contributed by atoms with Gasteiger partial charge in [0.05, 0.1) is 11.0 Å². The maximum atomic E-state index is 12.3. The monoisotopic (exact) mass is 537 g/mol. The van der Waals surface area contributed by atoms with Crippen molar-refractivity contribution >= 4 is 66.0 Å². The molecule has 3 nitrogen and oxygen atoms in total. The van der Waals surface area contributed by atoms with Gasteiger partial charge in [0.25, 0.3) is 0 Å². The van der Waals surface area contributed by atoms with Crippen molar-refractivity contribution in [2.75, 3.05) is 0 Å². The number of rotatable bonds is 4. The Morgan fingerprint density at radius 2 is 1.71 bits per heavy atom. The summed E-state index contributed by atoms with van der Waals surface area (Å²) >= 11 is 9.95. The second kappa shape index (κ2) is 8.56. The van der Waals surface area contributed by atoms with E-state index in [4.69, 9.17) is 17.3 Å². The first-order valence-corrected chi connectivity index (χ1v) is 12.4. The smallest absolute Gasteiger partial charge is 0.249 e. The van der Waals surface area contributed by atoms with Gasteiger partial charge >= 0.3 is 0 Å². The average molecular weight is 539 g/mol. The van der Waals surface area contributed by atoms with Gasteiger partial charge in [-0.1, -0.05) is 66.2 Å². The average Bonchev–Trinajstić information content (AvgIpc) is 3.19. The fraction of sp³-hybridized carbons (Fsp3) is 0.0333. The Bertz CT molecular complexity index is 1770. The summed E-state index contributed by atoms with van der Waals surface area (Å²) in [4.78, 5) is 12.3. The number of aromatic nitrogens is 1. The first-order chi connectivity index (χ1) is 17.0. The number of benzene rings is 5. The van der Waals surface area contributed by atoms with Crippen LogP contribution in [0.1, 0.15) is 15.9 Å². The number of amides is 1. The molecule has 0 saturated heterocycles. The second-order valence-corrected chi connectivity index (χ2v) is 9.79. The molecule has 5 aromatic carbocycles. The first kappa shape index (κ1) is 21.9. The minimum absolute atomic E-state index is 0.447. The molecule has 2 N–H and O–H groups in total. The molecule has 0 spiro atoms. The molecule has 1 radical (unpaired) electrons. The minimum atomic E-state index is -0.447. The van der Waals surface area contributed by atoms with Crippen LogP contribution in [-0.2, 0) is 6.54 Å². The van der Waals surface area contributed by atoms with E-state index in [0.717, 1.165) is 48.4 Å². The van der Waals surface area contributed by atoms with Crippen molar-refractivity contribution in [3.8, 4) is 11.1 Å². The molecule has 35 heavy (non-hydrogen) atoms. The molecule has 169 valence electrons. The van der Waals surface area contributed by atoms with Gasteiger partial charge in [-0.2, -0.15) is 0 Å². The van der Waals surface area contributed by atoms with Crippen molar-refractivity contribution < 1.29 is 4.79 Å². The van der Waals surface area contributed by atoms with Crippen molar-refractivity contribution in [1.29, 1.82) is 0 Å². The number of hydrogen-bond acceptors (Lipinski definition) is 1.